The monoisotopic (exact) mass is 441 g/mol. The summed E-state index contributed by atoms with van der Waals surface area (Å²) in [7, 11) is 1.52. The maximum Gasteiger partial charge on any atom is 0.417 e. The van der Waals surface area contributed by atoms with Crippen LogP contribution in [0.3, 0.4) is 0 Å². The molecule has 0 unspecified atom stereocenters. The number of benzene rings is 2. The first-order valence-corrected chi connectivity index (χ1v) is 9.64. The van der Waals surface area contributed by atoms with Crippen LogP contribution in [0.2, 0.25) is 5.02 Å². The van der Waals surface area contributed by atoms with Gasteiger partial charge in [0.15, 0.2) is 11.5 Å². The molecule has 2 rings (SSSR count). The number of rotatable bonds is 8. The predicted molar refractivity (Wildman–Crippen MR) is 112 cm³/mol. The molecule has 8 heteroatoms. The molecule has 30 heavy (non-hydrogen) atoms. The zero-order valence-electron chi connectivity index (χ0n) is 16.8. The molecular formula is C22H23ClF3NO3. The Bertz CT molecular complexity index is 911. The van der Waals surface area contributed by atoms with Gasteiger partial charge in [-0.2, -0.15) is 13.2 Å². The number of methoxy groups -OCH3 is 1. The summed E-state index contributed by atoms with van der Waals surface area (Å²) >= 11 is 5.58. The molecule has 0 aromatic heterocycles. The third kappa shape index (κ3) is 6.99. The van der Waals surface area contributed by atoms with Crippen LogP contribution in [0.15, 0.2) is 42.5 Å². The molecule has 0 atom stereocenters. The Morgan fingerprint density at radius 1 is 1.17 bits per heavy atom. The van der Waals surface area contributed by atoms with E-state index in [1.54, 1.807) is 18.2 Å². The van der Waals surface area contributed by atoms with Crippen molar-refractivity contribution in [2.24, 2.45) is 5.92 Å². The number of carbonyl (C=O) groups is 1. The fourth-order valence-electron chi connectivity index (χ4n) is 2.49. The largest absolute Gasteiger partial charge is 0.493 e. The average molecular weight is 442 g/mol. The Hall–Kier alpha value is -2.67. The molecule has 0 fully saturated rings. The number of hydrogen-bond donors (Lipinski definition) is 1. The summed E-state index contributed by atoms with van der Waals surface area (Å²) in [6, 6.07) is 8.38. The Balaban J connectivity index is 2.06. The van der Waals surface area contributed by atoms with E-state index in [1.807, 2.05) is 0 Å². The lowest BCUT2D eigenvalue weighted by atomic mass is 10.1. The molecule has 2 aromatic rings. The molecule has 0 radical (unpaired) electrons. The summed E-state index contributed by atoms with van der Waals surface area (Å²) in [6.45, 7) is 4.77. The Kier molecular flexibility index (Phi) is 8.17. The maximum atomic E-state index is 12.9. The third-order valence-electron chi connectivity index (χ3n) is 4.11. The van der Waals surface area contributed by atoms with Crippen molar-refractivity contribution >= 4 is 29.3 Å². The van der Waals surface area contributed by atoms with Gasteiger partial charge in [0.05, 0.1) is 24.3 Å². The number of anilines is 1. The maximum absolute atomic E-state index is 12.9. The van der Waals surface area contributed by atoms with E-state index in [4.69, 9.17) is 21.1 Å². The van der Waals surface area contributed by atoms with Crippen molar-refractivity contribution in [3.63, 3.8) is 0 Å². The van der Waals surface area contributed by atoms with Crippen LogP contribution in [0.1, 0.15) is 31.4 Å². The molecule has 0 aliphatic carbocycles. The molecule has 0 aliphatic heterocycles. The zero-order valence-corrected chi connectivity index (χ0v) is 17.6. The highest BCUT2D eigenvalue weighted by Crippen LogP contribution is 2.36. The van der Waals surface area contributed by atoms with Crippen LogP contribution < -0.4 is 14.8 Å². The Morgan fingerprint density at radius 2 is 1.90 bits per heavy atom. The first kappa shape index (κ1) is 23.6. The molecule has 0 bridgehead atoms. The number of hydrogen-bond acceptors (Lipinski definition) is 3. The molecule has 0 aliphatic rings. The second-order valence-corrected chi connectivity index (χ2v) is 7.36. The van der Waals surface area contributed by atoms with E-state index in [0.717, 1.165) is 18.6 Å². The smallest absolute Gasteiger partial charge is 0.417 e. The minimum absolute atomic E-state index is 0.00661. The number of alkyl halides is 3. The highest BCUT2D eigenvalue weighted by atomic mass is 35.5. The average Bonchev–Trinajstić information content (AvgIpc) is 2.67. The number of ether oxygens (including phenoxy) is 2. The van der Waals surface area contributed by atoms with Crippen LogP contribution >= 0.6 is 11.6 Å². The fourth-order valence-corrected chi connectivity index (χ4v) is 2.71. The van der Waals surface area contributed by atoms with Crippen LogP contribution in [0.4, 0.5) is 18.9 Å². The molecule has 162 valence electrons. The minimum atomic E-state index is -4.61. The van der Waals surface area contributed by atoms with Crippen molar-refractivity contribution < 1.29 is 27.4 Å². The van der Waals surface area contributed by atoms with Crippen molar-refractivity contribution in [2.45, 2.75) is 26.4 Å². The fraction of sp³-hybridized carbons (Fsp3) is 0.318. The lowest BCUT2D eigenvalue weighted by Gasteiger charge is -2.12. The first-order chi connectivity index (χ1) is 14.1. The summed E-state index contributed by atoms with van der Waals surface area (Å²) in [5, 5.41) is 1.96. The van der Waals surface area contributed by atoms with Gasteiger partial charge < -0.3 is 14.8 Å². The molecule has 1 N–H and O–H groups in total. The molecular weight excluding hydrogens is 419 g/mol. The second kappa shape index (κ2) is 10.4. The van der Waals surface area contributed by atoms with Crippen LogP contribution in [0.5, 0.6) is 11.5 Å². The van der Waals surface area contributed by atoms with Gasteiger partial charge in [-0.05, 0) is 54.3 Å². The number of nitrogens with one attached hydrogen (secondary N) is 1. The third-order valence-corrected chi connectivity index (χ3v) is 4.44. The second-order valence-electron chi connectivity index (χ2n) is 6.96. The van der Waals surface area contributed by atoms with Crippen molar-refractivity contribution in [3.8, 4) is 11.5 Å². The standard InChI is InChI=1S/C22H23ClF3NO3/c1-14(2)10-11-30-19-8-4-15(12-20(19)29-3)5-9-21(28)27-16-6-7-18(23)17(13-16)22(24,25)26/h4-9,12-14H,10-11H2,1-3H3,(H,27,28)/b9-5+. The molecule has 1 amide bonds. The summed E-state index contributed by atoms with van der Waals surface area (Å²) < 4.78 is 49.8. The molecule has 0 saturated carbocycles. The van der Waals surface area contributed by atoms with Gasteiger partial charge in [0.2, 0.25) is 5.91 Å². The predicted octanol–water partition coefficient (Wildman–Crippen LogP) is 6.44. The van der Waals surface area contributed by atoms with Crippen LogP contribution in [0, 0.1) is 5.92 Å². The van der Waals surface area contributed by atoms with Crippen molar-refractivity contribution in [1.82, 2.24) is 0 Å². The lowest BCUT2D eigenvalue weighted by molar-refractivity contribution is -0.137. The summed E-state index contributed by atoms with van der Waals surface area (Å²) in [4.78, 5) is 12.1. The lowest BCUT2D eigenvalue weighted by Crippen LogP contribution is -2.11. The van der Waals surface area contributed by atoms with E-state index in [-0.39, 0.29) is 5.69 Å². The van der Waals surface area contributed by atoms with Crippen molar-refractivity contribution in [2.75, 3.05) is 19.0 Å². The van der Waals surface area contributed by atoms with E-state index in [0.29, 0.717) is 29.6 Å². The van der Waals surface area contributed by atoms with Crippen molar-refractivity contribution in [1.29, 1.82) is 0 Å². The van der Waals surface area contributed by atoms with Gasteiger partial charge in [-0.15, -0.1) is 0 Å². The normalized spacial score (nSPS) is 11.7. The SMILES string of the molecule is COc1cc(/C=C/C(=O)Nc2ccc(Cl)c(C(F)(F)F)c2)ccc1OCCC(C)C. The molecule has 0 heterocycles. The van der Waals surface area contributed by atoms with Gasteiger partial charge in [-0.3, -0.25) is 4.79 Å². The van der Waals surface area contributed by atoms with Gasteiger partial charge in [-0.25, -0.2) is 0 Å². The molecule has 0 spiro atoms. The van der Waals surface area contributed by atoms with Gasteiger partial charge in [-0.1, -0.05) is 31.5 Å². The number of amides is 1. The Morgan fingerprint density at radius 3 is 2.53 bits per heavy atom. The van der Waals surface area contributed by atoms with E-state index < -0.39 is 22.7 Å². The molecule has 4 nitrogen and oxygen atoms in total. The number of halogens is 4. The van der Waals surface area contributed by atoms with Gasteiger partial charge in [0.25, 0.3) is 0 Å². The van der Waals surface area contributed by atoms with Gasteiger partial charge >= 0.3 is 6.18 Å². The van der Waals surface area contributed by atoms with E-state index in [1.165, 1.54) is 25.3 Å². The summed E-state index contributed by atoms with van der Waals surface area (Å²) in [6.07, 6.45) is -0.957. The quantitative estimate of drug-likeness (QED) is 0.479. The van der Waals surface area contributed by atoms with E-state index in [2.05, 4.69) is 19.2 Å². The summed E-state index contributed by atoms with van der Waals surface area (Å²) in [5.41, 5.74) is -0.345. The van der Waals surface area contributed by atoms with E-state index >= 15 is 0 Å². The highest BCUT2D eigenvalue weighted by molar-refractivity contribution is 6.31. The summed E-state index contributed by atoms with van der Waals surface area (Å²) in [5.74, 6) is 1.06. The van der Waals surface area contributed by atoms with Crippen LogP contribution in [0.25, 0.3) is 6.08 Å². The first-order valence-electron chi connectivity index (χ1n) is 9.26. The van der Waals surface area contributed by atoms with Crippen molar-refractivity contribution in [3.05, 3.63) is 58.6 Å². The van der Waals surface area contributed by atoms with Crippen LogP contribution in [-0.4, -0.2) is 19.6 Å². The zero-order chi connectivity index (χ0) is 22.3. The number of carbonyl (C=O) groups excluding carboxylic acids is 1. The van der Waals surface area contributed by atoms with E-state index in [9.17, 15) is 18.0 Å². The topological polar surface area (TPSA) is 47.6 Å². The highest BCUT2D eigenvalue weighted by Gasteiger charge is 2.33. The Labute approximate surface area is 178 Å². The molecule has 0 saturated heterocycles. The van der Waals surface area contributed by atoms with Gasteiger partial charge in [0, 0.05) is 11.8 Å². The molecule has 2 aromatic carbocycles. The minimum Gasteiger partial charge on any atom is -0.493 e. The van der Waals surface area contributed by atoms with Crippen LogP contribution in [-0.2, 0) is 11.0 Å². The van der Waals surface area contributed by atoms with Gasteiger partial charge in [0.1, 0.15) is 0 Å².